The van der Waals surface area contributed by atoms with Crippen molar-refractivity contribution in [1.82, 2.24) is 9.88 Å². The lowest BCUT2D eigenvalue weighted by Crippen LogP contribution is -2.51. The van der Waals surface area contributed by atoms with Crippen LogP contribution in [0.1, 0.15) is 55.8 Å². The van der Waals surface area contributed by atoms with Gasteiger partial charge < -0.3 is 31.2 Å². The number of aromatic hydroxyl groups is 1. The van der Waals surface area contributed by atoms with Crippen LogP contribution in [0.5, 0.6) is 5.75 Å². The first-order valence-electron chi connectivity index (χ1n) is 11.4. The monoisotopic (exact) mass is 452 g/mol. The molecule has 1 amide bonds. The summed E-state index contributed by atoms with van der Waals surface area (Å²) < 4.78 is 5.99. The summed E-state index contributed by atoms with van der Waals surface area (Å²) in [6, 6.07) is 8.92. The number of nitrogens with two attached hydrogens (primary N) is 2. The topological polar surface area (TPSA) is 118 Å². The van der Waals surface area contributed by atoms with Gasteiger partial charge in [0.25, 0.3) is 0 Å². The van der Waals surface area contributed by atoms with Gasteiger partial charge in [-0.2, -0.15) is 0 Å². The summed E-state index contributed by atoms with van der Waals surface area (Å²) in [6.45, 7) is 9.11. The van der Waals surface area contributed by atoms with Crippen LogP contribution in [0.25, 0.3) is 11.8 Å². The van der Waals surface area contributed by atoms with Crippen LogP contribution in [-0.2, 0) is 9.53 Å². The molecule has 3 atom stereocenters. The van der Waals surface area contributed by atoms with Crippen molar-refractivity contribution in [3.63, 3.8) is 0 Å². The maximum Gasteiger partial charge on any atom is 0.246 e. The fourth-order valence-electron chi connectivity index (χ4n) is 4.76. The zero-order valence-corrected chi connectivity index (χ0v) is 19.8. The van der Waals surface area contributed by atoms with Crippen LogP contribution in [0.2, 0.25) is 0 Å². The number of nitrogen functional groups attached to an aromatic ring is 1. The first-order chi connectivity index (χ1) is 15.7. The summed E-state index contributed by atoms with van der Waals surface area (Å²) in [6.07, 6.45) is 5.76. The molecule has 2 aromatic rings. The van der Waals surface area contributed by atoms with Crippen molar-refractivity contribution in [1.29, 1.82) is 0 Å². The number of nitrogens with one attached hydrogen (secondary N) is 1. The molecule has 1 aromatic carbocycles. The smallest absolute Gasteiger partial charge is 0.246 e. The Morgan fingerprint density at radius 2 is 2.15 bits per heavy atom. The first-order valence-corrected chi connectivity index (χ1v) is 11.4. The molecular weight excluding hydrogens is 416 g/mol. The summed E-state index contributed by atoms with van der Waals surface area (Å²) in [5.41, 5.74) is 15.2. The van der Waals surface area contributed by atoms with Crippen LogP contribution in [0, 0.1) is 5.41 Å². The number of amides is 1. The molecule has 0 radical (unpaired) electrons. The van der Waals surface area contributed by atoms with Crippen LogP contribution in [-0.4, -0.2) is 47.2 Å². The molecule has 6 N–H and O–H groups in total. The van der Waals surface area contributed by atoms with Gasteiger partial charge in [0.05, 0.1) is 12.6 Å². The lowest BCUT2D eigenvalue weighted by atomic mass is 9.71. The second-order valence-electron chi connectivity index (χ2n) is 9.15. The van der Waals surface area contributed by atoms with Crippen molar-refractivity contribution in [3.8, 4) is 5.75 Å². The average molecular weight is 453 g/mol. The number of aromatic amines is 1. The van der Waals surface area contributed by atoms with E-state index in [-0.39, 0.29) is 29.0 Å². The number of ether oxygens (including phenoxy) is 1. The number of phenols is 1. The highest BCUT2D eigenvalue weighted by Crippen LogP contribution is 2.43. The van der Waals surface area contributed by atoms with Gasteiger partial charge in [-0.15, -0.1) is 0 Å². The largest absolute Gasteiger partial charge is 0.507 e. The van der Waals surface area contributed by atoms with Gasteiger partial charge in [-0.3, -0.25) is 4.79 Å². The Morgan fingerprint density at radius 3 is 2.82 bits per heavy atom. The Bertz CT molecular complexity index is 1030. The third-order valence-corrected chi connectivity index (χ3v) is 7.07. The molecule has 3 unspecified atom stereocenters. The third kappa shape index (κ3) is 5.25. The number of aromatic nitrogens is 1. The van der Waals surface area contributed by atoms with Crippen LogP contribution in [0.3, 0.4) is 0 Å². The summed E-state index contributed by atoms with van der Waals surface area (Å²) >= 11 is 0. The van der Waals surface area contributed by atoms with Crippen LogP contribution < -0.4 is 11.5 Å². The minimum Gasteiger partial charge on any atom is -0.507 e. The van der Waals surface area contributed by atoms with Crippen molar-refractivity contribution in [3.05, 3.63) is 59.8 Å². The van der Waals surface area contributed by atoms with Crippen LogP contribution in [0.15, 0.2) is 43.0 Å². The molecule has 1 fully saturated rings. The molecule has 7 nitrogen and oxygen atoms in total. The van der Waals surface area contributed by atoms with E-state index in [0.717, 1.165) is 30.5 Å². The summed E-state index contributed by atoms with van der Waals surface area (Å²) in [7, 11) is 1.82. The minimum atomic E-state index is -0.150. The molecule has 33 heavy (non-hydrogen) atoms. The van der Waals surface area contributed by atoms with E-state index in [1.165, 1.54) is 6.08 Å². The molecule has 1 aliphatic heterocycles. The summed E-state index contributed by atoms with van der Waals surface area (Å²) in [4.78, 5) is 17.4. The molecule has 3 rings (SSSR count). The molecule has 178 valence electrons. The molecule has 0 saturated carbocycles. The fourth-order valence-corrected chi connectivity index (χ4v) is 4.76. The van der Waals surface area contributed by atoms with Gasteiger partial charge in [0.2, 0.25) is 5.91 Å². The van der Waals surface area contributed by atoms with E-state index in [2.05, 4.69) is 25.4 Å². The van der Waals surface area contributed by atoms with E-state index in [0.29, 0.717) is 30.3 Å². The Hall–Kier alpha value is -3.19. The lowest BCUT2D eigenvalue weighted by molar-refractivity contribution is -0.132. The quantitative estimate of drug-likeness (QED) is 0.493. The van der Waals surface area contributed by atoms with E-state index < -0.39 is 0 Å². The SMILES string of the molecule is C=CC(=O)N(C)C1COCCC(c2cc(/C=C(\N)c3ccccc3O)c(N)[nH]2)CC1(C)CC. The highest BCUT2D eigenvalue weighted by atomic mass is 16.5. The van der Waals surface area contributed by atoms with Crippen molar-refractivity contribution >= 4 is 23.5 Å². The summed E-state index contributed by atoms with van der Waals surface area (Å²) in [5, 5.41) is 10.1. The lowest BCUT2D eigenvalue weighted by Gasteiger charge is -2.45. The summed E-state index contributed by atoms with van der Waals surface area (Å²) in [5.74, 6) is 0.734. The Morgan fingerprint density at radius 1 is 1.42 bits per heavy atom. The minimum absolute atomic E-state index is 0.0563. The molecule has 0 spiro atoms. The van der Waals surface area contributed by atoms with Gasteiger partial charge in [0.15, 0.2) is 0 Å². The normalized spacial score (nSPS) is 24.0. The molecule has 1 saturated heterocycles. The molecule has 1 aliphatic rings. The predicted octanol–water partition coefficient (Wildman–Crippen LogP) is 4.08. The van der Waals surface area contributed by atoms with Crippen molar-refractivity contribution in [2.24, 2.45) is 11.1 Å². The maximum atomic E-state index is 12.3. The van der Waals surface area contributed by atoms with Crippen molar-refractivity contribution in [2.45, 2.75) is 45.1 Å². The number of anilines is 1. The maximum absolute atomic E-state index is 12.3. The van der Waals surface area contributed by atoms with Crippen LogP contribution in [0.4, 0.5) is 5.82 Å². The van der Waals surface area contributed by atoms with E-state index in [1.54, 1.807) is 29.2 Å². The number of para-hydroxylation sites is 1. The molecule has 1 aromatic heterocycles. The molecule has 0 aliphatic carbocycles. The third-order valence-electron chi connectivity index (χ3n) is 7.07. The van der Waals surface area contributed by atoms with Crippen molar-refractivity contribution < 1.29 is 14.6 Å². The van der Waals surface area contributed by atoms with Gasteiger partial charge in [-0.05, 0) is 55.0 Å². The number of carbonyl (C=O) groups excluding carboxylic acids is 1. The van der Waals surface area contributed by atoms with Gasteiger partial charge >= 0.3 is 0 Å². The number of hydrogen-bond acceptors (Lipinski definition) is 5. The average Bonchev–Trinajstić information content (AvgIpc) is 3.15. The number of rotatable bonds is 6. The number of nitrogens with zero attached hydrogens (tertiary/aromatic N) is 1. The van der Waals surface area contributed by atoms with E-state index >= 15 is 0 Å². The number of H-pyrrole nitrogens is 1. The number of benzene rings is 1. The van der Waals surface area contributed by atoms with E-state index in [1.807, 2.05) is 19.2 Å². The van der Waals surface area contributed by atoms with E-state index in [9.17, 15) is 9.90 Å². The van der Waals surface area contributed by atoms with Gasteiger partial charge in [-0.1, -0.05) is 32.6 Å². The highest BCUT2D eigenvalue weighted by molar-refractivity contribution is 5.87. The second-order valence-corrected chi connectivity index (χ2v) is 9.15. The van der Waals surface area contributed by atoms with Gasteiger partial charge in [-0.25, -0.2) is 0 Å². The number of hydrogen-bond donors (Lipinski definition) is 4. The van der Waals surface area contributed by atoms with Crippen LogP contribution >= 0.6 is 0 Å². The fraction of sp³-hybridized carbons (Fsp3) is 0.423. The molecule has 0 bridgehead atoms. The Balaban J connectivity index is 1.90. The Labute approximate surface area is 196 Å². The van der Waals surface area contributed by atoms with E-state index in [4.69, 9.17) is 16.2 Å². The first kappa shape index (κ1) is 24.5. The standard InChI is InChI=1S/C26H36N4O3/c1-5-24(32)30(4)23-16-33-12-11-17(15-26(23,3)6-2)21-14-18(25(28)29-21)13-20(27)19-9-7-8-10-22(19)31/h5,7-10,13-14,17,23,29,31H,1,6,11-12,15-16,27-28H2,2-4H3/b20-13-. The van der Waals surface area contributed by atoms with Gasteiger partial charge in [0, 0.05) is 42.1 Å². The zero-order chi connectivity index (χ0) is 24.2. The molecule has 2 heterocycles. The molecule has 7 heteroatoms. The number of carbonyl (C=O) groups is 1. The zero-order valence-electron chi connectivity index (χ0n) is 19.8. The van der Waals surface area contributed by atoms with Gasteiger partial charge in [0.1, 0.15) is 11.6 Å². The second kappa shape index (κ2) is 10.2. The highest BCUT2D eigenvalue weighted by Gasteiger charge is 2.40. The predicted molar refractivity (Wildman–Crippen MR) is 133 cm³/mol. The van der Waals surface area contributed by atoms with Crippen molar-refractivity contribution in [2.75, 3.05) is 26.0 Å². The molecular formula is C26H36N4O3. The number of likely N-dealkylation sites (N-methyl/N-ethyl adjacent to an activating group) is 1. The Kier molecular flexibility index (Phi) is 7.53. The number of phenolic OH excluding ortho intramolecular Hbond substituents is 1.